The van der Waals surface area contributed by atoms with Gasteiger partial charge < -0.3 is 9.64 Å². The number of nitrogens with one attached hydrogen (secondary N) is 1. The lowest BCUT2D eigenvalue weighted by Gasteiger charge is -2.31. The molecule has 2 aliphatic rings. The molecule has 9 nitrogen and oxygen atoms in total. The number of aromatic nitrogens is 1. The molecule has 0 aliphatic carbocycles. The molecule has 1 saturated heterocycles. The number of nitrogens with zero attached hydrogens (tertiary/aromatic N) is 3. The third-order valence-electron chi connectivity index (χ3n) is 4.90. The van der Waals surface area contributed by atoms with Crippen molar-refractivity contribution < 1.29 is 26.7 Å². The Morgan fingerprint density at radius 3 is 2.81 bits per heavy atom. The molecule has 1 aromatic heterocycles. The van der Waals surface area contributed by atoms with Gasteiger partial charge >= 0.3 is 5.97 Å². The third kappa shape index (κ3) is 4.08. The maximum Gasteiger partial charge on any atom is 0.338 e. The van der Waals surface area contributed by atoms with E-state index >= 15 is 0 Å². The first-order valence-electron chi connectivity index (χ1n) is 9.00. The maximum atomic E-state index is 14.7. The van der Waals surface area contributed by atoms with Crippen molar-refractivity contribution in [2.75, 3.05) is 13.7 Å². The second-order valence-corrected chi connectivity index (χ2v) is 9.08. The summed E-state index contributed by atoms with van der Waals surface area (Å²) in [6.07, 6.45) is 1.62. The zero-order valence-electron chi connectivity index (χ0n) is 16.1. The van der Waals surface area contributed by atoms with Crippen LogP contribution in [0.1, 0.15) is 23.0 Å². The zero-order chi connectivity index (χ0) is 22.3. The summed E-state index contributed by atoms with van der Waals surface area (Å²) in [6.45, 7) is 0.114. The number of rotatable bonds is 5. The Morgan fingerprint density at radius 1 is 1.39 bits per heavy atom. The molecule has 0 radical (unpaired) electrons. The molecule has 0 unspecified atom stereocenters. The number of ether oxygens (including phenoxy) is 1. The fourth-order valence-electron chi connectivity index (χ4n) is 3.73. The molecule has 2 aliphatic heterocycles. The van der Waals surface area contributed by atoms with E-state index in [0.717, 1.165) is 13.2 Å². The summed E-state index contributed by atoms with van der Waals surface area (Å²) in [6, 6.07) is 1.73. The average molecular weight is 469 g/mol. The van der Waals surface area contributed by atoms with Gasteiger partial charge in [-0.3, -0.25) is 4.99 Å². The Bertz CT molecular complexity index is 1200. The van der Waals surface area contributed by atoms with Crippen molar-refractivity contribution in [3.8, 4) is 0 Å². The van der Waals surface area contributed by atoms with Gasteiger partial charge in [-0.2, -0.15) is 13.1 Å². The van der Waals surface area contributed by atoms with Gasteiger partial charge in [0.05, 0.1) is 12.7 Å². The topological polar surface area (TPSA) is 127 Å². The molecule has 0 bridgehead atoms. The lowest BCUT2D eigenvalue weighted by molar-refractivity contribution is -0.136. The monoisotopic (exact) mass is 469 g/mol. The molecule has 1 fully saturated rings. The van der Waals surface area contributed by atoms with E-state index in [-0.39, 0.29) is 24.1 Å². The van der Waals surface area contributed by atoms with Crippen LogP contribution in [-0.4, -0.2) is 49.8 Å². The second-order valence-electron chi connectivity index (χ2n) is 6.86. The molecular formula is C18H17F2N5O4S2. The molecule has 2 atom stereocenters. The third-order valence-corrected chi connectivity index (χ3v) is 6.33. The van der Waals surface area contributed by atoms with Gasteiger partial charge in [-0.15, -0.1) is 11.3 Å². The summed E-state index contributed by atoms with van der Waals surface area (Å²) >= 11 is 1.26. The van der Waals surface area contributed by atoms with E-state index in [1.165, 1.54) is 23.5 Å². The van der Waals surface area contributed by atoms with Crippen LogP contribution in [0.5, 0.6) is 0 Å². The number of fused-ring (bicyclic) bond motifs is 1. The average Bonchev–Trinajstić information content (AvgIpc) is 3.37. The van der Waals surface area contributed by atoms with E-state index in [1.54, 1.807) is 16.5 Å². The van der Waals surface area contributed by atoms with Gasteiger partial charge in [0, 0.05) is 41.8 Å². The number of methoxy groups -OCH3 is 1. The molecule has 1 aromatic carbocycles. The van der Waals surface area contributed by atoms with Crippen LogP contribution in [-0.2, 0) is 19.7 Å². The minimum Gasteiger partial charge on any atom is -0.466 e. The number of hydrogen-bond donors (Lipinski definition) is 2. The maximum absolute atomic E-state index is 14.7. The van der Waals surface area contributed by atoms with E-state index in [4.69, 9.17) is 9.88 Å². The predicted molar refractivity (Wildman–Crippen MR) is 108 cm³/mol. The Hall–Kier alpha value is -2.74. The van der Waals surface area contributed by atoms with E-state index in [1.807, 2.05) is 0 Å². The van der Waals surface area contributed by atoms with Gasteiger partial charge in [0.15, 0.2) is 22.5 Å². The number of thiazole rings is 1. The molecule has 2 aromatic rings. The van der Waals surface area contributed by atoms with Crippen molar-refractivity contribution in [3.05, 3.63) is 63.3 Å². The van der Waals surface area contributed by atoms with E-state index in [2.05, 4.69) is 14.7 Å². The largest absolute Gasteiger partial charge is 0.466 e. The molecule has 31 heavy (non-hydrogen) atoms. The van der Waals surface area contributed by atoms with Gasteiger partial charge in [0.1, 0.15) is 6.04 Å². The number of halogens is 2. The standard InChI is InChI=1S/C18H17F2N5O4S2/c1-29-18(26)13-12-7-9(24-31(21,27)28)8-25(12)16(17-22-5-6-30-17)23-15(13)10-3-2-4-11(19)14(10)20/h2-6,9,15,24H,7-8H2,1H3,(H2,21,27,28)/t9-,15-/m0/s1. The minimum absolute atomic E-state index is 0.00831. The number of aliphatic imine (C=N–C) groups is 1. The number of nitrogens with two attached hydrogens (primary N) is 1. The summed E-state index contributed by atoms with van der Waals surface area (Å²) in [5, 5.41) is 7.30. The van der Waals surface area contributed by atoms with Crippen LogP contribution >= 0.6 is 11.3 Å². The van der Waals surface area contributed by atoms with Crippen LogP contribution < -0.4 is 9.86 Å². The van der Waals surface area contributed by atoms with Crippen molar-refractivity contribution in [2.45, 2.75) is 18.5 Å². The molecule has 4 rings (SSSR count). The molecule has 3 N–H and O–H groups in total. The van der Waals surface area contributed by atoms with Crippen LogP contribution in [0.4, 0.5) is 8.78 Å². The van der Waals surface area contributed by atoms with Crippen molar-refractivity contribution in [1.82, 2.24) is 14.6 Å². The molecular weight excluding hydrogens is 452 g/mol. The fourth-order valence-corrected chi connectivity index (χ4v) is 5.00. The minimum atomic E-state index is -4.02. The van der Waals surface area contributed by atoms with Gasteiger partial charge in [0.25, 0.3) is 10.2 Å². The van der Waals surface area contributed by atoms with Gasteiger partial charge in [0.2, 0.25) is 0 Å². The summed E-state index contributed by atoms with van der Waals surface area (Å²) in [7, 11) is -2.86. The van der Waals surface area contributed by atoms with Crippen LogP contribution in [0, 0.1) is 11.6 Å². The summed E-state index contributed by atoms with van der Waals surface area (Å²) in [4.78, 5) is 23.1. The Morgan fingerprint density at radius 2 is 2.16 bits per heavy atom. The van der Waals surface area contributed by atoms with Crippen LogP contribution in [0.3, 0.4) is 0 Å². The fraction of sp³-hybridized carbons (Fsp3) is 0.278. The SMILES string of the molecule is COC(=O)C1=C2C[C@H](NS(N)(=O)=O)CN2C(c2nccs2)=N[C@H]1c1cccc(F)c1F. The molecule has 13 heteroatoms. The van der Waals surface area contributed by atoms with Gasteiger partial charge in [-0.25, -0.2) is 23.7 Å². The Kier molecular flexibility index (Phi) is 5.60. The van der Waals surface area contributed by atoms with E-state index in [9.17, 15) is 22.0 Å². The lowest BCUT2D eigenvalue weighted by atomic mass is 9.94. The van der Waals surface area contributed by atoms with Gasteiger partial charge in [-0.1, -0.05) is 12.1 Å². The lowest BCUT2D eigenvalue weighted by Crippen LogP contribution is -2.42. The summed E-state index contributed by atoms with van der Waals surface area (Å²) in [5.74, 6) is -2.69. The van der Waals surface area contributed by atoms with Gasteiger partial charge in [-0.05, 0) is 6.07 Å². The number of carbonyl (C=O) groups is 1. The van der Waals surface area contributed by atoms with Crippen molar-refractivity contribution >= 4 is 33.4 Å². The quantitative estimate of drug-likeness (QED) is 0.634. The highest BCUT2D eigenvalue weighted by Gasteiger charge is 2.43. The highest BCUT2D eigenvalue weighted by Crippen LogP contribution is 2.41. The van der Waals surface area contributed by atoms with Crippen LogP contribution in [0.25, 0.3) is 0 Å². The van der Waals surface area contributed by atoms with Crippen LogP contribution in [0.15, 0.2) is 46.0 Å². The number of amidine groups is 1. The van der Waals surface area contributed by atoms with Crippen molar-refractivity contribution in [2.24, 2.45) is 10.1 Å². The summed E-state index contributed by atoms with van der Waals surface area (Å²) in [5.41, 5.74) is 0.220. The zero-order valence-corrected chi connectivity index (χ0v) is 17.7. The predicted octanol–water partition coefficient (Wildman–Crippen LogP) is 1.22. The number of esters is 1. The molecule has 164 valence electrons. The highest BCUT2D eigenvalue weighted by molar-refractivity contribution is 7.87. The van der Waals surface area contributed by atoms with Crippen molar-refractivity contribution in [1.29, 1.82) is 0 Å². The highest BCUT2D eigenvalue weighted by atomic mass is 32.2. The smallest absolute Gasteiger partial charge is 0.338 e. The number of hydrogen-bond acceptors (Lipinski definition) is 8. The molecule has 0 amide bonds. The Balaban J connectivity index is 1.91. The molecule has 0 saturated carbocycles. The summed E-state index contributed by atoms with van der Waals surface area (Å²) < 4.78 is 59.0. The first-order valence-corrected chi connectivity index (χ1v) is 11.4. The first-order chi connectivity index (χ1) is 14.7. The first kappa shape index (κ1) is 21.5. The molecule has 0 spiro atoms. The Labute approximate surface area is 180 Å². The van der Waals surface area contributed by atoms with E-state index < -0.39 is 39.9 Å². The van der Waals surface area contributed by atoms with E-state index in [0.29, 0.717) is 16.5 Å². The molecule has 3 heterocycles. The number of carbonyl (C=O) groups excluding carboxylic acids is 1. The normalized spacial score (nSPS) is 21.2. The number of benzene rings is 1. The van der Waals surface area contributed by atoms with Crippen LogP contribution in [0.2, 0.25) is 0 Å². The van der Waals surface area contributed by atoms with Crippen molar-refractivity contribution in [3.63, 3.8) is 0 Å². The second kappa shape index (κ2) is 8.07.